The Labute approximate surface area is 165 Å². The monoisotopic (exact) mass is 422 g/mol. The molecule has 0 atom stereocenters. The molecule has 3 rings (SSSR count). The number of halogens is 1. The summed E-state index contributed by atoms with van der Waals surface area (Å²) in [4.78, 5) is 12.1. The van der Waals surface area contributed by atoms with E-state index in [1.54, 1.807) is 28.8 Å². The van der Waals surface area contributed by atoms with Crippen molar-refractivity contribution in [2.24, 2.45) is 4.40 Å². The summed E-state index contributed by atoms with van der Waals surface area (Å²) in [5, 5.41) is 0.438. The van der Waals surface area contributed by atoms with E-state index in [0.717, 1.165) is 5.52 Å². The molecule has 6 nitrogen and oxygen atoms in total. The summed E-state index contributed by atoms with van der Waals surface area (Å²) >= 11 is 6.98. The number of sulfonamides is 1. The summed E-state index contributed by atoms with van der Waals surface area (Å²) < 4.78 is 36.5. The van der Waals surface area contributed by atoms with Crippen LogP contribution in [-0.4, -0.2) is 26.1 Å². The molecule has 0 fully saturated rings. The van der Waals surface area contributed by atoms with Crippen molar-refractivity contribution in [3.8, 4) is 0 Å². The van der Waals surface area contributed by atoms with E-state index >= 15 is 0 Å². The van der Waals surface area contributed by atoms with Gasteiger partial charge in [0.15, 0.2) is 0 Å². The Morgan fingerprint density at radius 1 is 1.30 bits per heavy atom. The fraction of sp³-hybridized carbons (Fsp3) is 0.111. The summed E-state index contributed by atoms with van der Waals surface area (Å²) in [6.07, 6.45) is 1.65. The molecule has 0 bridgehead atoms. The third-order valence-electron chi connectivity index (χ3n) is 3.73. The number of carbonyl (C=O) groups is 1. The van der Waals surface area contributed by atoms with Crippen LogP contribution in [0.25, 0.3) is 10.2 Å². The van der Waals surface area contributed by atoms with Gasteiger partial charge in [0.25, 0.3) is 10.0 Å². The second-order valence-electron chi connectivity index (χ2n) is 5.48. The number of hydrogen-bond donors (Lipinski definition) is 0. The van der Waals surface area contributed by atoms with Crippen molar-refractivity contribution in [2.75, 3.05) is 7.11 Å². The maximum absolute atomic E-state index is 12.7. The van der Waals surface area contributed by atoms with Crippen molar-refractivity contribution in [2.45, 2.75) is 11.4 Å². The molecular formula is C18H15ClN2O4S2. The van der Waals surface area contributed by atoms with Gasteiger partial charge in [0.05, 0.1) is 27.8 Å². The van der Waals surface area contributed by atoms with Crippen LogP contribution in [0.3, 0.4) is 0 Å². The Morgan fingerprint density at radius 2 is 2.00 bits per heavy atom. The summed E-state index contributed by atoms with van der Waals surface area (Å²) in [6, 6.07) is 10.8. The molecular weight excluding hydrogens is 408 g/mol. The third kappa shape index (κ3) is 3.97. The van der Waals surface area contributed by atoms with Gasteiger partial charge in [-0.2, -0.15) is 8.42 Å². The first-order chi connectivity index (χ1) is 12.9. The molecule has 9 heteroatoms. The number of methoxy groups -OCH3 is 1. The van der Waals surface area contributed by atoms with E-state index in [9.17, 15) is 13.2 Å². The molecule has 0 saturated carbocycles. The van der Waals surface area contributed by atoms with Crippen LogP contribution in [-0.2, 0) is 21.3 Å². The van der Waals surface area contributed by atoms with Crippen molar-refractivity contribution >= 4 is 49.1 Å². The first-order valence-corrected chi connectivity index (χ1v) is 10.4. The number of rotatable bonds is 5. The molecule has 0 aliphatic heterocycles. The summed E-state index contributed by atoms with van der Waals surface area (Å²) in [7, 11) is -2.62. The number of esters is 1. The van der Waals surface area contributed by atoms with E-state index < -0.39 is 16.0 Å². The van der Waals surface area contributed by atoms with Gasteiger partial charge in [0.2, 0.25) is 4.80 Å². The van der Waals surface area contributed by atoms with E-state index in [-0.39, 0.29) is 9.70 Å². The predicted octanol–water partition coefficient (Wildman–Crippen LogP) is 3.62. The van der Waals surface area contributed by atoms with Crippen LogP contribution in [0.2, 0.25) is 5.02 Å². The zero-order valence-electron chi connectivity index (χ0n) is 14.3. The minimum atomic E-state index is -3.92. The molecule has 0 N–H and O–H groups in total. The van der Waals surface area contributed by atoms with Gasteiger partial charge in [-0.1, -0.05) is 29.0 Å². The van der Waals surface area contributed by atoms with Crippen molar-refractivity contribution in [3.63, 3.8) is 0 Å². The maximum Gasteiger partial charge on any atom is 0.337 e. The summed E-state index contributed by atoms with van der Waals surface area (Å²) in [5.74, 6) is -0.465. The van der Waals surface area contributed by atoms with Gasteiger partial charge in [-0.3, -0.25) is 0 Å². The molecule has 0 spiro atoms. The van der Waals surface area contributed by atoms with Crippen LogP contribution < -0.4 is 4.80 Å². The predicted molar refractivity (Wildman–Crippen MR) is 106 cm³/mol. The Balaban J connectivity index is 2.21. The highest BCUT2D eigenvalue weighted by molar-refractivity contribution is 7.90. The number of aromatic nitrogens is 1. The molecule has 1 heterocycles. The average molecular weight is 423 g/mol. The molecule has 0 saturated heterocycles. The fourth-order valence-electron chi connectivity index (χ4n) is 2.46. The van der Waals surface area contributed by atoms with E-state index in [4.69, 9.17) is 16.3 Å². The van der Waals surface area contributed by atoms with E-state index in [2.05, 4.69) is 11.0 Å². The molecule has 0 aliphatic rings. The van der Waals surface area contributed by atoms with Crippen LogP contribution in [0.4, 0.5) is 0 Å². The molecule has 27 heavy (non-hydrogen) atoms. The fourth-order valence-corrected chi connectivity index (χ4v) is 4.86. The number of thiazole rings is 1. The quantitative estimate of drug-likeness (QED) is 0.464. The van der Waals surface area contributed by atoms with E-state index in [0.29, 0.717) is 21.8 Å². The molecule has 0 aliphatic carbocycles. The van der Waals surface area contributed by atoms with Gasteiger partial charge in [-0.05, 0) is 42.5 Å². The van der Waals surface area contributed by atoms with Crippen molar-refractivity contribution in [1.29, 1.82) is 0 Å². The van der Waals surface area contributed by atoms with Crippen LogP contribution in [0, 0.1) is 0 Å². The molecule has 2 aromatic carbocycles. The molecule has 0 radical (unpaired) electrons. The Morgan fingerprint density at radius 3 is 2.63 bits per heavy atom. The van der Waals surface area contributed by atoms with E-state index in [1.165, 1.54) is 42.7 Å². The minimum absolute atomic E-state index is 0.0461. The molecule has 0 unspecified atom stereocenters. The molecule has 0 amide bonds. The summed E-state index contributed by atoms with van der Waals surface area (Å²) in [6.45, 7) is 4.08. The topological polar surface area (TPSA) is 77.7 Å². The van der Waals surface area contributed by atoms with Crippen LogP contribution in [0.15, 0.2) is 64.4 Å². The molecule has 3 aromatic rings. The van der Waals surface area contributed by atoms with Crippen LogP contribution in [0.5, 0.6) is 0 Å². The zero-order chi connectivity index (χ0) is 19.6. The van der Waals surface area contributed by atoms with Gasteiger partial charge in [0, 0.05) is 11.6 Å². The lowest BCUT2D eigenvalue weighted by atomic mass is 10.2. The highest BCUT2D eigenvalue weighted by atomic mass is 35.5. The van der Waals surface area contributed by atoms with Gasteiger partial charge in [-0.15, -0.1) is 11.0 Å². The van der Waals surface area contributed by atoms with Gasteiger partial charge < -0.3 is 9.30 Å². The lowest BCUT2D eigenvalue weighted by Gasteiger charge is -2.03. The zero-order valence-corrected chi connectivity index (χ0v) is 16.6. The third-order valence-corrected chi connectivity index (χ3v) is 6.42. The van der Waals surface area contributed by atoms with Crippen molar-refractivity contribution in [1.82, 2.24) is 4.57 Å². The Bertz CT molecular complexity index is 1190. The highest BCUT2D eigenvalue weighted by Gasteiger charge is 2.15. The SMILES string of the molecule is C=CCn1/c(=N/S(=O)(=O)c2ccc(Cl)cc2)sc2cc(C(=O)OC)ccc21. The average Bonchev–Trinajstić information content (AvgIpc) is 2.97. The maximum atomic E-state index is 12.7. The number of hydrogen-bond acceptors (Lipinski definition) is 5. The molecule has 140 valence electrons. The first kappa shape index (κ1) is 19.3. The number of carbonyl (C=O) groups excluding carboxylic acids is 1. The lowest BCUT2D eigenvalue weighted by molar-refractivity contribution is 0.0601. The smallest absolute Gasteiger partial charge is 0.337 e. The number of ether oxygens (including phenoxy) is 1. The first-order valence-electron chi connectivity index (χ1n) is 7.75. The number of benzene rings is 2. The Hall–Kier alpha value is -2.42. The van der Waals surface area contributed by atoms with Crippen molar-refractivity contribution < 1.29 is 17.9 Å². The van der Waals surface area contributed by atoms with Crippen LogP contribution >= 0.6 is 22.9 Å². The minimum Gasteiger partial charge on any atom is -0.465 e. The van der Waals surface area contributed by atoms with Gasteiger partial charge >= 0.3 is 5.97 Å². The number of nitrogens with zero attached hydrogens (tertiary/aromatic N) is 2. The largest absolute Gasteiger partial charge is 0.465 e. The summed E-state index contributed by atoms with van der Waals surface area (Å²) in [5.41, 5.74) is 1.13. The Kier molecular flexibility index (Phi) is 5.50. The van der Waals surface area contributed by atoms with Crippen LogP contribution in [0.1, 0.15) is 10.4 Å². The normalized spacial score (nSPS) is 12.3. The lowest BCUT2D eigenvalue weighted by Crippen LogP contribution is -2.16. The molecule has 1 aromatic heterocycles. The number of allylic oxidation sites excluding steroid dienone is 1. The van der Waals surface area contributed by atoms with Gasteiger partial charge in [-0.25, -0.2) is 4.79 Å². The standard InChI is InChI=1S/C18H15ClN2O4S2/c1-3-10-21-15-9-4-12(17(22)25-2)11-16(15)26-18(21)20-27(23,24)14-7-5-13(19)6-8-14/h3-9,11H,1,10H2,2H3/b20-18-. The second kappa shape index (κ2) is 7.67. The number of fused-ring (bicyclic) bond motifs is 1. The highest BCUT2D eigenvalue weighted by Crippen LogP contribution is 2.21. The van der Waals surface area contributed by atoms with E-state index in [1.807, 2.05) is 0 Å². The van der Waals surface area contributed by atoms with Gasteiger partial charge in [0.1, 0.15) is 0 Å². The second-order valence-corrected chi connectivity index (χ2v) is 8.53. The van der Waals surface area contributed by atoms with Crippen molar-refractivity contribution in [3.05, 3.63) is 70.5 Å².